The lowest BCUT2D eigenvalue weighted by Crippen LogP contribution is -2.47. The van der Waals surface area contributed by atoms with Crippen LogP contribution in [0, 0.1) is 0 Å². The van der Waals surface area contributed by atoms with Gasteiger partial charge in [0.05, 0.1) is 0 Å². The minimum Gasteiger partial charge on any atom is -0.370 e. The maximum absolute atomic E-state index is 11.8. The molecule has 4 rings (SSSR count). The number of aromatic nitrogens is 5. The summed E-state index contributed by atoms with van der Waals surface area (Å²) in [5.41, 5.74) is 1.44. The van der Waals surface area contributed by atoms with Crippen molar-refractivity contribution in [2.24, 2.45) is 0 Å². The number of anilines is 2. The number of pyridine rings is 1. The summed E-state index contributed by atoms with van der Waals surface area (Å²) in [6.45, 7) is 7.83. The maximum atomic E-state index is 11.8. The largest absolute Gasteiger partial charge is 0.370 e. The molecule has 31 heavy (non-hydrogen) atoms. The average Bonchev–Trinajstić information content (AvgIpc) is 2.83. The van der Waals surface area contributed by atoms with Gasteiger partial charge in [-0.2, -0.15) is 0 Å². The van der Waals surface area contributed by atoms with Crippen molar-refractivity contribution in [3.8, 4) is 11.4 Å². The summed E-state index contributed by atoms with van der Waals surface area (Å²) in [6, 6.07) is 7.23. The summed E-state index contributed by atoms with van der Waals surface area (Å²) in [4.78, 5) is 36.8. The highest BCUT2D eigenvalue weighted by atomic mass is 16.1. The highest BCUT2D eigenvalue weighted by Crippen LogP contribution is 2.15. The van der Waals surface area contributed by atoms with Crippen LogP contribution in [0.4, 0.5) is 11.8 Å². The number of nitrogens with zero attached hydrogens (tertiary/aromatic N) is 6. The van der Waals surface area contributed by atoms with E-state index in [0.29, 0.717) is 5.82 Å². The Morgan fingerprint density at radius 2 is 1.90 bits per heavy atom. The molecule has 1 saturated heterocycles. The molecule has 3 aromatic rings. The monoisotopic (exact) mass is 420 g/mol. The number of rotatable bonds is 8. The Balaban J connectivity index is 1.20. The van der Waals surface area contributed by atoms with Crippen molar-refractivity contribution in [3.05, 3.63) is 58.9 Å². The number of H-pyrrole nitrogens is 1. The van der Waals surface area contributed by atoms with Crippen molar-refractivity contribution in [2.75, 3.05) is 49.5 Å². The normalized spacial score (nSPS) is 14.5. The molecule has 1 fully saturated rings. The van der Waals surface area contributed by atoms with Gasteiger partial charge in [-0.25, -0.2) is 19.9 Å². The van der Waals surface area contributed by atoms with E-state index in [9.17, 15) is 4.79 Å². The maximum Gasteiger partial charge on any atom is 0.251 e. The first-order valence-electron chi connectivity index (χ1n) is 10.8. The Labute approximate surface area is 181 Å². The number of aromatic amines is 1. The molecule has 1 aliphatic rings. The predicted octanol–water partition coefficient (Wildman–Crippen LogP) is 1.81. The minimum absolute atomic E-state index is 0.138. The number of hydrogen-bond acceptors (Lipinski definition) is 8. The molecule has 0 spiro atoms. The lowest BCUT2D eigenvalue weighted by atomic mass is 10.2. The van der Waals surface area contributed by atoms with Crippen molar-refractivity contribution < 1.29 is 0 Å². The summed E-state index contributed by atoms with van der Waals surface area (Å²) in [6.07, 6.45) is 7.08. The zero-order valence-electron chi connectivity index (χ0n) is 17.8. The van der Waals surface area contributed by atoms with E-state index in [1.54, 1.807) is 18.6 Å². The Bertz CT molecular complexity index is 1010. The van der Waals surface area contributed by atoms with E-state index in [1.165, 1.54) is 6.07 Å². The number of nitrogens with one attached hydrogen (secondary N) is 2. The Kier molecular flexibility index (Phi) is 6.83. The van der Waals surface area contributed by atoms with E-state index < -0.39 is 0 Å². The summed E-state index contributed by atoms with van der Waals surface area (Å²) in [5.74, 6) is 2.20. The van der Waals surface area contributed by atoms with Crippen molar-refractivity contribution in [1.29, 1.82) is 0 Å². The molecule has 3 aromatic heterocycles. The molecule has 9 nitrogen and oxygen atoms in total. The van der Waals surface area contributed by atoms with Gasteiger partial charge in [-0.3, -0.25) is 9.69 Å². The van der Waals surface area contributed by atoms with Gasteiger partial charge in [-0.05, 0) is 37.6 Å². The molecule has 2 N–H and O–H groups in total. The summed E-state index contributed by atoms with van der Waals surface area (Å²) >= 11 is 0. The average molecular weight is 421 g/mol. The summed E-state index contributed by atoms with van der Waals surface area (Å²) < 4.78 is 0. The van der Waals surface area contributed by atoms with E-state index in [-0.39, 0.29) is 5.56 Å². The van der Waals surface area contributed by atoms with Gasteiger partial charge in [0.2, 0.25) is 5.95 Å². The molecule has 0 aromatic carbocycles. The SMILES string of the molecule is CCc1cc(=O)[nH]c(-c2ccc(NCCCN3CCN(c4ncccn4)CC3)nc2)n1. The van der Waals surface area contributed by atoms with E-state index in [0.717, 1.165) is 75.1 Å². The molecular weight excluding hydrogens is 392 g/mol. The molecule has 0 aliphatic carbocycles. The van der Waals surface area contributed by atoms with Crippen LogP contribution in [0.3, 0.4) is 0 Å². The van der Waals surface area contributed by atoms with Gasteiger partial charge in [0.25, 0.3) is 5.56 Å². The molecule has 0 unspecified atom stereocenters. The van der Waals surface area contributed by atoms with Gasteiger partial charge in [-0.1, -0.05) is 6.92 Å². The van der Waals surface area contributed by atoms with Crippen molar-refractivity contribution >= 4 is 11.8 Å². The third kappa shape index (κ3) is 5.64. The van der Waals surface area contributed by atoms with Crippen molar-refractivity contribution in [3.63, 3.8) is 0 Å². The van der Waals surface area contributed by atoms with E-state index >= 15 is 0 Å². The minimum atomic E-state index is -0.138. The molecule has 1 aliphatic heterocycles. The fourth-order valence-corrected chi connectivity index (χ4v) is 3.61. The second-order valence-corrected chi connectivity index (χ2v) is 7.53. The molecule has 0 bridgehead atoms. The molecule has 9 heteroatoms. The van der Waals surface area contributed by atoms with Gasteiger partial charge in [0, 0.05) is 68.6 Å². The Morgan fingerprint density at radius 1 is 1.10 bits per heavy atom. The van der Waals surface area contributed by atoms with Crippen LogP contribution in [-0.4, -0.2) is 69.1 Å². The van der Waals surface area contributed by atoms with Crippen LogP contribution in [0.5, 0.6) is 0 Å². The van der Waals surface area contributed by atoms with E-state index in [1.807, 2.05) is 25.1 Å². The molecule has 162 valence electrons. The number of aryl methyl sites for hydroxylation is 1. The fraction of sp³-hybridized carbons (Fsp3) is 0.409. The third-order valence-electron chi connectivity index (χ3n) is 5.36. The lowest BCUT2D eigenvalue weighted by molar-refractivity contribution is 0.256. The highest BCUT2D eigenvalue weighted by Gasteiger charge is 2.18. The third-order valence-corrected chi connectivity index (χ3v) is 5.36. The first kappa shape index (κ1) is 20.9. The lowest BCUT2D eigenvalue weighted by Gasteiger charge is -2.34. The quantitative estimate of drug-likeness (QED) is 0.532. The molecule has 0 amide bonds. The van der Waals surface area contributed by atoms with Crippen LogP contribution in [0.2, 0.25) is 0 Å². The van der Waals surface area contributed by atoms with Crippen LogP contribution < -0.4 is 15.8 Å². The second-order valence-electron chi connectivity index (χ2n) is 7.53. The van der Waals surface area contributed by atoms with Crippen LogP contribution in [0.1, 0.15) is 19.0 Å². The molecule has 0 atom stereocenters. The van der Waals surface area contributed by atoms with Crippen LogP contribution in [0.15, 0.2) is 47.7 Å². The van der Waals surface area contributed by atoms with Gasteiger partial charge < -0.3 is 15.2 Å². The van der Waals surface area contributed by atoms with Gasteiger partial charge in [0.1, 0.15) is 11.6 Å². The number of piperazine rings is 1. The van der Waals surface area contributed by atoms with Gasteiger partial charge >= 0.3 is 0 Å². The predicted molar refractivity (Wildman–Crippen MR) is 121 cm³/mol. The second kappa shape index (κ2) is 10.1. The Hall–Kier alpha value is -3.33. The number of hydrogen-bond donors (Lipinski definition) is 2. The molecule has 0 saturated carbocycles. The standard InChI is InChI=1S/C22H28N8O/c1-2-18-15-20(31)28-21(27-18)17-5-6-19(26-16-17)23-9-4-10-29-11-13-30(14-12-29)22-24-7-3-8-25-22/h3,5-8,15-16H,2,4,9-14H2,1H3,(H,23,26)(H,27,28,31). The smallest absolute Gasteiger partial charge is 0.251 e. The van der Waals surface area contributed by atoms with Crippen LogP contribution in [-0.2, 0) is 6.42 Å². The summed E-state index contributed by atoms with van der Waals surface area (Å²) in [5, 5.41) is 3.37. The highest BCUT2D eigenvalue weighted by molar-refractivity contribution is 5.55. The molecule has 4 heterocycles. The summed E-state index contributed by atoms with van der Waals surface area (Å²) in [7, 11) is 0. The zero-order valence-corrected chi connectivity index (χ0v) is 17.8. The molecule has 0 radical (unpaired) electrons. The van der Waals surface area contributed by atoms with Gasteiger partial charge in [-0.15, -0.1) is 0 Å². The van der Waals surface area contributed by atoms with Crippen LogP contribution in [0.25, 0.3) is 11.4 Å². The van der Waals surface area contributed by atoms with E-state index in [4.69, 9.17) is 0 Å². The van der Waals surface area contributed by atoms with Crippen LogP contribution >= 0.6 is 0 Å². The van der Waals surface area contributed by atoms with Crippen molar-refractivity contribution in [1.82, 2.24) is 29.8 Å². The fourth-order valence-electron chi connectivity index (χ4n) is 3.61. The van der Waals surface area contributed by atoms with Crippen molar-refractivity contribution in [2.45, 2.75) is 19.8 Å². The topological polar surface area (TPSA) is 103 Å². The zero-order chi connectivity index (χ0) is 21.5. The first-order valence-corrected chi connectivity index (χ1v) is 10.8. The van der Waals surface area contributed by atoms with E-state index in [2.05, 4.69) is 40.0 Å². The molecular formula is C22H28N8O. The van der Waals surface area contributed by atoms with Gasteiger partial charge in [0.15, 0.2) is 0 Å². The Morgan fingerprint density at radius 3 is 2.61 bits per heavy atom. The first-order chi connectivity index (χ1) is 15.2.